The van der Waals surface area contributed by atoms with Crippen molar-refractivity contribution in [3.05, 3.63) is 89.0 Å². The van der Waals surface area contributed by atoms with E-state index in [1.54, 1.807) is 31.4 Å². The van der Waals surface area contributed by atoms with Crippen molar-refractivity contribution in [3.8, 4) is 22.7 Å². The molecule has 32 heavy (non-hydrogen) atoms. The van der Waals surface area contributed by atoms with Gasteiger partial charge in [0.25, 0.3) is 0 Å². The molecular formula is C24H19Cl2N3O2S. The molecule has 0 radical (unpaired) electrons. The van der Waals surface area contributed by atoms with Crippen LogP contribution in [0.2, 0.25) is 10.0 Å². The van der Waals surface area contributed by atoms with Crippen LogP contribution >= 0.6 is 35.0 Å². The van der Waals surface area contributed by atoms with Crippen LogP contribution in [-0.2, 0) is 4.79 Å². The number of imidazole rings is 1. The smallest absolute Gasteiger partial charge is 0.234 e. The van der Waals surface area contributed by atoms with Crippen LogP contribution in [0, 0.1) is 0 Å². The third kappa shape index (κ3) is 5.10. The van der Waals surface area contributed by atoms with Crippen molar-refractivity contribution in [2.45, 2.75) is 5.16 Å². The lowest BCUT2D eigenvalue weighted by atomic mass is 10.2. The molecule has 1 aromatic heterocycles. The summed E-state index contributed by atoms with van der Waals surface area (Å²) in [6.45, 7) is 0. The molecule has 1 N–H and O–H groups in total. The number of methoxy groups -OCH3 is 1. The van der Waals surface area contributed by atoms with E-state index in [1.807, 2.05) is 59.3 Å². The number of amides is 1. The number of rotatable bonds is 7. The van der Waals surface area contributed by atoms with Crippen molar-refractivity contribution in [1.82, 2.24) is 9.55 Å². The molecule has 0 unspecified atom stereocenters. The Hall–Kier alpha value is -2.93. The number of nitrogens with one attached hydrogen (secondary N) is 1. The first-order chi connectivity index (χ1) is 15.5. The zero-order valence-corrected chi connectivity index (χ0v) is 19.4. The van der Waals surface area contributed by atoms with E-state index in [0.717, 1.165) is 16.9 Å². The van der Waals surface area contributed by atoms with E-state index in [2.05, 4.69) is 5.32 Å². The zero-order valence-electron chi connectivity index (χ0n) is 17.1. The van der Waals surface area contributed by atoms with Gasteiger partial charge in [-0.25, -0.2) is 4.98 Å². The average molecular weight is 484 g/mol. The maximum Gasteiger partial charge on any atom is 0.234 e. The summed E-state index contributed by atoms with van der Waals surface area (Å²) in [5, 5.41) is 4.53. The summed E-state index contributed by atoms with van der Waals surface area (Å²) in [6, 6.07) is 22.3. The van der Waals surface area contributed by atoms with Crippen LogP contribution in [0.25, 0.3) is 16.9 Å². The van der Waals surface area contributed by atoms with E-state index in [-0.39, 0.29) is 11.7 Å². The second-order valence-electron chi connectivity index (χ2n) is 6.78. The lowest BCUT2D eigenvalue weighted by Crippen LogP contribution is -2.14. The third-order valence-electron chi connectivity index (χ3n) is 4.62. The number of aromatic nitrogens is 2. The third-order valence-corrected chi connectivity index (χ3v) is 6.14. The van der Waals surface area contributed by atoms with E-state index in [1.165, 1.54) is 11.8 Å². The molecule has 0 saturated heterocycles. The fraction of sp³-hybridized carbons (Fsp3) is 0.0833. The number of halogens is 2. The summed E-state index contributed by atoms with van der Waals surface area (Å²) in [6.07, 6.45) is 1.91. The van der Waals surface area contributed by atoms with Gasteiger partial charge < -0.3 is 10.1 Å². The number of para-hydroxylation sites is 1. The fourth-order valence-corrected chi connectivity index (χ4v) is 4.25. The number of anilines is 1. The van der Waals surface area contributed by atoms with Crippen molar-refractivity contribution in [3.63, 3.8) is 0 Å². The van der Waals surface area contributed by atoms with E-state index in [9.17, 15) is 4.79 Å². The molecule has 3 aromatic carbocycles. The number of nitrogens with zero attached hydrogens (tertiary/aromatic N) is 2. The van der Waals surface area contributed by atoms with Crippen LogP contribution in [0.5, 0.6) is 5.75 Å². The van der Waals surface area contributed by atoms with Crippen LogP contribution in [0.3, 0.4) is 0 Å². The SMILES string of the molecule is COc1ccc(Cl)cc1-n1cc(-c2ccccc2)nc1SCC(=O)Nc1ccccc1Cl. The van der Waals surface area contributed by atoms with Gasteiger partial charge in [0.05, 0.1) is 35.0 Å². The van der Waals surface area contributed by atoms with Gasteiger partial charge in [-0.05, 0) is 30.3 Å². The van der Waals surface area contributed by atoms with E-state index in [4.69, 9.17) is 32.9 Å². The highest BCUT2D eigenvalue weighted by Crippen LogP contribution is 2.33. The predicted octanol–water partition coefficient (Wildman–Crippen LogP) is 6.59. The first kappa shape index (κ1) is 22.3. The first-order valence-electron chi connectivity index (χ1n) is 9.71. The molecule has 8 heteroatoms. The Morgan fingerprint density at radius 2 is 1.81 bits per heavy atom. The second-order valence-corrected chi connectivity index (χ2v) is 8.56. The average Bonchev–Trinajstić information content (AvgIpc) is 3.24. The Morgan fingerprint density at radius 1 is 1.06 bits per heavy atom. The van der Waals surface area contributed by atoms with Gasteiger partial charge in [-0.2, -0.15) is 0 Å². The zero-order chi connectivity index (χ0) is 22.5. The Balaban J connectivity index is 1.65. The van der Waals surface area contributed by atoms with Gasteiger partial charge in [0.2, 0.25) is 5.91 Å². The summed E-state index contributed by atoms with van der Waals surface area (Å²) in [4.78, 5) is 17.3. The van der Waals surface area contributed by atoms with Crippen LogP contribution in [0.4, 0.5) is 5.69 Å². The summed E-state index contributed by atoms with van der Waals surface area (Å²) >= 11 is 13.7. The number of hydrogen-bond donors (Lipinski definition) is 1. The van der Waals surface area contributed by atoms with Gasteiger partial charge in [0, 0.05) is 16.8 Å². The summed E-state index contributed by atoms with van der Waals surface area (Å²) in [5.41, 5.74) is 3.06. The molecule has 162 valence electrons. The number of thioether (sulfide) groups is 1. The molecule has 5 nitrogen and oxygen atoms in total. The summed E-state index contributed by atoms with van der Waals surface area (Å²) in [5.74, 6) is 0.616. The molecule has 1 heterocycles. The number of ether oxygens (including phenoxy) is 1. The molecule has 0 spiro atoms. The predicted molar refractivity (Wildman–Crippen MR) is 131 cm³/mol. The molecule has 0 atom stereocenters. The second kappa shape index (κ2) is 10.1. The summed E-state index contributed by atoms with van der Waals surface area (Å²) in [7, 11) is 1.60. The fourth-order valence-electron chi connectivity index (χ4n) is 3.12. The molecule has 1 amide bonds. The molecule has 4 rings (SSSR count). The van der Waals surface area contributed by atoms with Crippen LogP contribution < -0.4 is 10.1 Å². The van der Waals surface area contributed by atoms with Gasteiger partial charge in [-0.1, -0.05) is 77.4 Å². The van der Waals surface area contributed by atoms with Crippen molar-refractivity contribution < 1.29 is 9.53 Å². The number of carbonyl (C=O) groups excluding carboxylic acids is 1. The molecule has 0 bridgehead atoms. The molecular weight excluding hydrogens is 465 g/mol. The van der Waals surface area contributed by atoms with Crippen LogP contribution in [0.15, 0.2) is 84.1 Å². The van der Waals surface area contributed by atoms with Crippen molar-refractivity contribution in [2.24, 2.45) is 0 Å². The Labute approximate surface area is 200 Å². The van der Waals surface area contributed by atoms with Gasteiger partial charge in [-0.15, -0.1) is 0 Å². The largest absolute Gasteiger partial charge is 0.495 e. The Morgan fingerprint density at radius 3 is 2.56 bits per heavy atom. The van der Waals surface area contributed by atoms with E-state index >= 15 is 0 Å². The Bertz CT molecular complexity index is 1250. The number of benzene rings is 3. The normalized spacial score (nSPS) is 10.7. The Kier molecular flexibility index (Phi) is 7.05. The topological polar surface area (TPSA) is 56.2 Å². The molecule has 4 aromatic rings. The molecule has 0 saturated carbocycles. The number of hydrogen-bond acceptors (Lipinski definition) is 4. The molecule has 0 aliphatic heterocycles. The quantitative estimate of drug-likeness (QED) is 0.301. The van der Waals surface area contributed by atoms with Gasteiger partial charge in [0.1, 0.15) is 5.75 Å². The van der Waals surface area contributed by atoms with Crippen molar-refractivity contribution in [2.75, 3.05) is 18.2 Å². The van der Waals surface area contributed by atoms with Gasteiger partial charge >= 0.3 is 0 Å². The molecule has 0 fully saturated rings. The molecule has 0 aliphatic carbocycles. The van der Waals surface area contributed by atoms with Gasteiger partial charge in [0.15, 0.2) is 5.16 Å². The van der Waals surface area contributed by atoms with E-state index < -0.39 is 0 Å². The minimum atomic E-state index is -0.183. The molecule has 0 aliphatic rings. The number of carbonyl (C=O) groups is 1. The van der Waals surface area contributed by atoms with E-state index in [0.29, 0.717) is 26.6 Å². The minimum Gasteiger partial charge on any atom is -0.495 e. The monoisotopic (exact) mass is 483 g/mol. The van der Waals surface area contributed by atoms with Crippen LogP contribution in [0.1, 0.15) is 0 Å². The lowest BCUT2D eigenvalue weighted by molar-refractivity contribution is -0.113. The standard InChI is InChI=1S/C24H19Cl2N3O2S/c1-31-22-12-11-17(25)13-21(22)29-14-20(16-7-3-2-4-8-16)28-24(29)32-15-23(30)27-19-10-6-5-9-18(19)26/h2-14H,15H2,1H3,(H,27,30). The minimum absolute atomic E-state index is 0.152. The van der Waals surface area contributed by atoms with Gasteiger partial charge in [-0.3, -0.25) is 9.36 Å². The highest BCUT2D eigenvalue weighted by atomic mass is 35.5. The maximum atomic E-state index is 12.6. The van der Waals surface area contributed by atoms with Crippen molar-refractivity contribution in [1.29, 1.82) is 0 Å². The van der Waals surface area contributed by atoms with Crippen LogP contribution in [-0.4, -0.2) is 28.3 Å². The van der Waals surface area contributed by atoms with Crippen molar-refractivity contribution >= 4 is 46.6 Å². The highest BCUT2D eigenvalue weighted by molar-refractivity contribution is 7.99. The highest BCUT2D eigenvalue weighted by Gasteiger charge is 2.17. The first-order valence-corrected chi connectivity index (χ1v) is 11.4. The maximum absolute atomic E-state index is 12.6. The lowest BCUT2D eigenvalue weighted by Gasteiger charge is -2.12. The summed E-state index contributed by atoms with van der Waals surface area (Å²) < 4.78 is 7.42.